The van der Waals surface area contributed by atoms with E-state index in [0.29, 0.717) is 18.2 Å². The van der Waals surface area contributed by atoms with Crippen LogP contribution in [0, 0.1) is 0 Å². The highest BCUT2D eigenvalue weighted by atomic mass is 127. The highest BCUT2D eigenvalue weighted by Gasteiger charge is 2.11. The van der Waals surface area contributed by atoms with Crippen LogP contribution in [-0.2, 0) is 6.54 Å². The van der Waals surface area contributed by atoms with Crippen LogP contribution in [0.1, 0.15) is 26.3 Å². The Bertz CT molecular complexity index is 712. The van der Waals surface area contributed by atoms with Gasteiger partial charge in [0.05, 0.1) is 7.11 Å². The van der Waals surface area contributed by atoms with Crippen LogP contribution >= 0.6 is 24.0 Å². The minimum Gasteiger partial charge on any atom is -0.497 e. The first-order valence-corrected chi connectivity index (χ1v) is 8.15. The van der Waals surface area contributed by atoms with E-state index in [0.717, 1.165) is 17.3 Å². The Morgan fingerprint density at radius 2 is 1.88 bits per heavy atom. The molecule has 0 spiro atoms. The molecular formula is C19H27IN4O2. The average Bonchev–Trinajstić information content (AvgIpc) is 2.59. The maximum atomic E-state index is 5.74. The van der Waals surface area contributed by atoms with Crippen molar-refractivity contribution in [1.29, 1.82) is 0 Å². The van der Waals surface area contributed by atoms with Crippen molar-refractivity contribution in [3.8, 4) is 17.4 Å². The standard InChI is InChI=1S/C19H26N4O2.HI/c1-19(2,3)23-18(20-4)22-13-14-9-10-17(21-12-14)25-16-8-6-7-15(11-16)24-5;/h6-12H,13H2,1-5H3,(H2,20,22,23);1H. The van der Waals surface area contributed by atoms with Gasteiger partial charge in [-0.15, -0.1) is 24.0 Å². The lowest BCUT2D eigenvalue weighted by Gasteiger charge is -2.23. The summed E-state index contributed by atoms with van der Waals surface area (Å²) < 4.78 is 10.9. The van der Waals surface area contributed by atoms with Gasteiger partial charge in [-0.25, -0.2) is 4.98 Å². The highest BCUT2D eigenvalue weighted by molar-refractivity contribution is 14.0. The Morgan fingerprint density at radius 1 is 1.15 bits per heavy atom. The average molecular weight is 470 g/mol. The molecule has 142 valence electrons. The second kappa shape index (κ2) is 10.2. The molecule has 0 amide bonds. The van der Waals surface area contributed by atoms with E-state index < -0.39 is 0 Å². The number of benzene rings is 1. The fourth-order valence-corrected chi connectivity index (χ4v) is 2.08. The number of pyridine rings is 1. The van der Waals surface area contributed by atoms with Crippen LogP contribution in [0.2, 0.25) is 0 Å². The van der Waals surface area contributed by atoms with Crippen LogP contribution in [0.5, 0.6) is 17.4 Å². The predicted molar refractivity (Wildman–Crippen MR) is 116 cm³/mol. The molecule has 0 unspecified atom stereocenters. The van der Waals surface area contributed by atoms with E-state index in [9.17, 15) is 0 Å². The maximum Gasteiger partial charge on any atom is 0.219 e. The number of aliphatic imine (C=N–C) groups is 1. The number of nitrogens with one attached hydrogen (secondary N) is 2. The number of rotatable bonds is 5. The van der Waals surface area contributed by atoms with Gasteiger partial charge in [0.15, 0.2) is 5.96 Å². The van der Waals surface area contributed by atoms with Crippen LogP contribution in [0.4, 0.5) is 0 Å². The SMILES string of the molecule is CN=C(NCc1ccc(Oc2cccc(OC)c2)nc1)NC(C)(C)C.I. The molecule has 2 N–H and O–H groups in total. The van der Waals surface area contributed by atoms with E-state index in [-0.39, 0.29) is 29.5 Å². The molecule has 0 aliphatic carbocycles. The molecule has 26 heavy (non-hydrogen) atoms. The first-order chi connectivity index (χ1) is 11.9. The number of ether oxygens (including phenoxy) is 2. The summed E-state index contributed by atoms with van der Waals surface area (Å²) >= 11 is 0. The summed E-state index contributed by atoms with van der Waals surface area (Å²) in [6, 6.07) is 11.2. The number of nitrogens with zero attached hydrogens (tertiary/aromatic N) is 2. The number of methoxy groups -OCH3 is 1. The zero-order valence-corrected chi connectivity index (χ0v) is 18.2. The third-order valence-electron chi connectivity index (χ3n) is 3.24. The van der Waals surface area contributed by atoms with Crippen molar-refractivity contribution < 1.29 is 9.47 Å². The van der Waals surface area contributed by atoms with Crippen molar-refractivity contribution in [3.63, 3.8) is 0 Å². The van der Waals surface area contributed by atoms with Crippen LogP contribution in [0.3, 0.4) is 0 Å². The molecular weight excluding hydrogens is 443 g/mol. The lowest BCUT2D eigenvalue weighted by molar-refractivity contribution is 0.407. The minimum atomic E-state index is -0.0471. The summed E-state index contributed by atoms with van der Waals surface area (Å²) in [5, 5.41) is 6.58. The van der Waals surface area contributed by atoms with E-state index in [4.69, 9.17) is 9.47 Å². The summed E-state index contributed by atoms with van der Waals surface area (Å²) in [7, 11) is 3.38. The lowest BCUT2D eigenvalue weighted by Crippen LogP contribution is -2.47. The first kappa shape index (κ1) is 22.0. The van der Waals surface area contributed by atoms with Crippen LogP contribution < -0.4 is 20.1 Å². The molecule has 0 radical (unpaired) electrons. The second-order valence-electron chi connectivity index (χ2n) is 6.59. The van der Waals surface area contributed by atoms with Crippen molar-refractivity contribution >= 4 is 29.9 Å². The molecule has 0 saturated carbocycles. The summed E-state index contributed by atoms with van der Waals surface area (Å²) in [5.41, 5.74) is 0.990. The smallest absolute Gasteiger partial charge is 0.219 e. The quantitative estimate of drug-likeness (QED) is 0.394. The topological polar surface area (TPSA) is 67.8 Å². The molecule has 2 aromatic rings. The molecule has 0 aliphatic heterocycles. The van der Waals surface area contributed by atoms with Crippen LogP contribution in [0.25, 0.3) is 0 Å². The molecule has 1 aromatic carbocycles. The third-order valence-corrected chi connectivity index (χ3v) is 3.24. The molecule has 6 nitrogen and oxygen atoms in total. The van der Waals surface area contributed by atoms with Crippen molar-refractivity contribution in [3.05, 3.63) is 48.2 Å². The number of aromatic nitrogens is 1. The van der Waals surface area contributed by atoms with Crippen molar-refractivity contribution in [2.24, 2.45) is 4.99 Å². The van der Waals surface area contributed by atoms with E-state index in [1.165, 1.54) is 0 Å². The zero-order valence-electron chi connectivity index (χ0n) is 15.9. The fourth-order valence-electron chi connectivity index (χ4n) is 2.08. The van der Waals surface area contributed by atoms with Gasteiger partial charge in [-0.05, 0) is 38.5 Å². The largest absolute Gasteiger partial charge is 0.497 e. The molecule has 1 heterocycles. The number of hydrogen-bond donors (Lipinski definition) is 2. The Kier molecular flexibility index (Phi) is 8.64. The molecule has 2 rings (SSSR count). The molecule has 0 atom stereocenters. The fraction of sp³-hybridized carbons (Fsp3) is 0.368. The van der Waals surface area contributed by atoms with Gasteiger partial charge < -0.3 is 20.1 Å². The van der Waals surface area contributed by atoms with E-state index >= 15 is 0 Å². The van der Waals surface area contributed by atoms with Gasteiger partial charge in [0.25, 0.3) is 0 Å². The molecule has 1 aromatic heterocycles. The number of guanidine groups is 1. The summed E-state index contributed by atoms with van der Waals surface area (Å²) in [6.07, 6.45) is 1.78. The maximum absolute atomic E-state index is 5.74. The van der Waals surface area contributed by atoms with Crippen LogP contribution in [-0.4, -0.2) is 30.6 Å². The van der Waals surface area contributed by atoms with E-state index in [2.05, 4.69) is 41.4 Å². The number of halogens is 1. The van der Waals surface area contributed by atoms with E-state index in [1.807, 2.05) is 36.4 Å². The van der Waals surface area contributed by atoms with Gasteiger partial charge in [0, 0.05) is 37.5 Å². The first-order valence-electron chi connectivity index (χ1n) is 8.15. The van der Waals surface area contributed by atoms with Crippen molar-refractivity contribution in [2.75, 3.05) is 14.2 Å². The van der Waals surface area contributed by atoms with Crippen LogP contribution in [0.15, 0.2) is 47.6 Å². The van der Waals surface area contributed by atoms with Crippen molar-refractivity contribution in [2.45, 2.75) is 32.9 Å². The highest BCUT2D eigenvalue weighted by Crippen LogP contribution is 2.23. The monoisotopic (exact) mass is 470 g/mol. The lowest BCUT2D eigenvalue weighted by atomic mass is 10.1. The van der Waals surface area contributed by atoms with Crippen molar-refractivity contribution in [1.82, 2.24) is 15.6 Å². The predicted octanol–water partition coefficient (Wildman–Crippen LogP) is 3.96. The Morgan fingerprint density at radius 3 is 2.46 bits per heavy atom. The van der Waals surface area contributed by atoms with Gasteiger partial charge in [0.1, 0.15) is 11.5 Å². The zero-order chi connectivity index (χ0) is 18.3. The molecule has 0 aliphatic rings. The third kappa shape index (κ3) is 7.47. The Hall–Kier alpha value is -2.03. The van der Waals surface area contributed by atoms with Gasteiger partial charge in [0.2, 0.25) is 5.88 Å². The van der Waals surface area contributed by atoms with Gasteiger partial charge >= 0.3 is 0 Å². The minimum absolute atomic E-state index is 0. The molecule has 0 saturated heterocycles. The van der Waals surface area contributed by atoms with Gasteiger partial charge in [-0.3, -0.25) is 4.99 Å². The normalized spacial score (nSPS) is 11.3. The van der Waals surface area contributed by atoms with Gasteiger partial charge in [-0.2, -0.15) is 0 Å². The van der Waals surface area contributed by atoms with Gasteiger partial charge in [-0.1, -0.05) is 12.1 Å². The Balaban J connectivity index is 0.00000338. The second-order valence-corrected chi connectivity index (χ2v) is 6.59. The number of hydrogen-bond acceptors (Lipinski definition) is 4. The molecule has 0 fully saturated rings. The summed E-state index contributed by atoms with van der Waals surface area (Å²) in [5.74, 6) is 2.72. The molecule has 7 heteroatoms. The summed E-state index contributed by atoms with van der Waals surface area (Å²) in [6.45, 7) is 6.90. The Labute approximate surface area is 172 Å². The molecule has 0 bridgehead atoms. The van der Waals surface area contributed by atoms with E-state index in [1.54, 1.807) is 20.4 Å². The summed E-state index contributed by atoms with van der Waals surface area (Å²) in [4.78, 5) is 8.56.